The number of amides is 2. The molecule has 0 bridgehead atoms. The normalized spacial score (nSPS) is 24.5. The molecule has 7 heteroatoms. The molecule has 2 amide bonds. The summed E-state index contributed by atoms with van der Waals surface area (Å²) in [4.78, 5) is 30.2. The first-order valence-electron chi connectivity index (χ1n) is 8.75. The van der Waals surface area contributed by atoms with E-state index in [9.17, 15) is 14.7 Å². The van der Waals surface area contributed by atoms with E-state index in [1.807, 2.05) is 18.2 Å². The van der Waals surface area contributed by atoms with E-state index >= 15 is 0 Å². The van der Waals surface area contributed by atoms with Crippen molar-refractivity contribution in [2.24, 2.45) is 11.3 Å². The number of carboxylic acids is 1. The predicted octanol–water partition coefficient (Wildman–Crippen LogP) is 2.96. The zero-order valence-electron chi connectivity index (χ0n) is 14.6. The summed E-state index contributed by atoms with van der Waals surface area (Å²) >= 11 is 0. The number of carboxylic acid groups (broad SMARTS) is 1. The first kappa shape index (κ1) is 16.6. The molecule has 7 nitrogen and oxygen atoms in total. The number of methoxy groups -OCH3 is 1. The Kier molecular flexibility index (Phi) is 3.94. The van der Waals surface area contributed by atoms with Gasteiger partial charge in [0.05, 0.1) is 12.5 Å². The molecule has 0 unspecified atom stereocenters. The summed E-state index contributed by atoms with van der Waals surface area (Å²) in [5, 5.41) is 14.3. The molecule has 2 N–H and O–H groups in total. The molecular formula is C19H21N3O4. The van der Waals surface area contributed by atoms with Gasteiger partial charge in [-0.2, -0.15) is 0 Å². The molecule has 1 aliphatic carbocycles. The molecule has 2 heterocycles. The fourth-order valence-electron chi connectivity index (χ4n) is 4.39. The minimum absolute atomic E-state index is 0.0534. The highest BCUT2D eigenvalue weighted by Gasteiger charge is 2.55. The summed E-state index contributed by atoms with van der Waals surface area (Å²) in [6.45, 7) is 0.785. The molecule has 2 fully saturated rings. The van der Waals surface area contributed by atoms with Crippen LogP contribution in [0, 0.1) is 11.3 Å². The average molecular weight is 355 g/mol. The van der Waals surface area contributed by atoms with Gasteiger partial charge in [0.15, 0.2) is 0 Å². The van der Waals surface area contributed by atoms with Crippen molar-refractivity contribution in [3.05, 3.63) is 30.5 Å². The van der Waals surface area contributed by atoms with Gasteiger partial charge in [-0.1, -0.05) is 6.42 Å². The van der Waals surface area contributed by atoms with Crippen LogP contribution in [-0.2, 0) is 4.79 Å². The number of ether oxygens (including phenoxy) is 1. The monoisotopic (exact) mass is 355 g/mol. The second-order valence-corrected chi connectivity index (χ2v) is 7.12. The number of nitrogens with zero attached hydrogens (tertiary/aromatic N) is 2. The Bertz CT molecular complexity index is 884. The van der Waals surface area contributed by atoms with Gasteiger partial charge in [-0.15, -0.1) is 0 Å². The maximum Gasteiger partial charge on any atom is 0.321 e. The molecule has 1 saturated carbocycles. The largest absolute Gasteiger partial charge is 0.481 e. The first-order chi connectivity index (χ1) is 12.5. The van der Waals surface area contributed by atoms with Crippen LogP contribution in [0.15, 0.2) is 30.5 Å². The molecule has 2 atom stereocenters. The van der Waals surface area contributed by atoms with E-state index in [0.29, 0.717) is 24.5 Å². The number of carbonyl (C=O) groups is 2. The summed E-state index contributed by atoms with van der Waals surface area (Å²) in [6, 6.07) is 7.12. The van der Waals surface area contributed by atoms with Gasteiger partial charge >= 0.3 is 12.0 Å². The number of pyridine rings is 1. The lowest BCUT2D eigenvalue weighted by molar-refractivity contribution is -0.149. The summed E-state index contributed by atoms with van der Waals surface area (Å²) < 4.78 is 5.24. The van der Waals surface area contributed by atoms with Crippen molar-refractivity contribution >= 4 is 28.5 Å². The molecule has 136 valence electrons. The Morgan fingerprint density at radius 1 is 1.38 bits per heavy atom. The van der Waals surface area contributed by atoms with Gasteiger partial charge in [-0.25, -0.2) is 9.78 Å². The third-order valence-electron chi connectivity index (χ3n) is 5.76. The minimum atomic E-state index is -0.777. The smallest absolute Gasteiger partial charge is 0.321 e. The van der Waals surface area contributed by atoms with E-state index in [4.69, 9.17) is 4.74 Å². The number of fused-ring (bicyclic) bond motifs is 2. The maximum absolute atomic E-state index is 12.7. The average Bonchev–Trinajstić information content (AvgIpc) is 3.19. The van der Waals surface area contributed by atoms with Crippen LogP contribution < -0.4 is 10.1 Å². The SMILES string of the molecule is COc1nccc2cc(NC(=O)N3C[C@@H]4CCC[C@@]4(C(=O)O)C3)ccc12. The number of carbonyl (C=O) groups excluding carboxylic acids is 1. The van der Waals surface area contributed by atoms with Crippen molar-refractivity contribution in [3.63, 3.8) is 0 Å². The molecule has 1 saturated heterocycles. The summed E-state index contributed by atoms with van der Waals surface area (Å²) in [6.07, 6.45) is 4.11. The highest BCUT2D eigenvalue weighted by Crippen LogP contribution is 2.48. The van der Waals surface area contributed by atoms with Crippen LogP contribution in [0.2, 0.25) is 0 Å². The van der Waals surface area contributed by atoms with E-state index < -0.39 is 11.4 Å². The zero-order valence-corrected chi connectivity index (χ0v) is 14.6. The number of benzene rings is 1. The second-order valence-electron chi connectivity index (χ2n) is 7.12. The number of anilines is 1. The quantitative estimate of drug-likeness (QED) is 0.883. The van der Waals surface area contributed by atoms with Gasteiger partial charge in [0, 0.05) is 30.4 Å². The van der Waals surface area contributed by atoms with Gasteiger partial charge in [0.2, 0.25) is 5.88 Å². The Balaban J connectivity index is 1.52. The number of likely N-dealkylation sites (tertiary alicyclic amines) is 1. The third-order valence-corrected chi connectivity index (χ3v) is 5.76. The molecular weight excluding hydrogens is 334 g/mol. The van der Waals surface area contributed by atoms with Crippen LogP contribution in [0.1, 0.15) is 19.3 Å². The van der Waals surface area contributed by atoms with Crippen molar-refractivity contribution in [1.29, 1.82) is 0 Å². The van der Waals surface area contributed by atoms with Gasteiger partial charge in [-0.3, -0.25) is 4.79 Å². The number of rotatable bonds is 3. The van der Waals surface area contributed by atoms with Gasteiger partial charge < -0.3 is 20.1 Å². The van der Waals surface area contributed by atoms with Crippen molar-refractivity contribution in [3.8, 4) is 5.88 Å². The van der Waals surface area contributed by atoms with Crippen molar-refractivity contribution < 1.29 is 19.4 Å². The number of urea groups is 1. The van der Waals surface area contributed by atoms with Crippen LogP contribution in [0.3, 0.4) is 0 Å². The van der Waals surface area contributed by atoms with E-state index in [1.54, 1.807) is 24.3 Å². The fraction of sp³-hybridized carbons (Fsp3) is 0.421. The lowest BCUT2D eigenvalue weighted by Gasteiger charge is -2.23. The predicted molar refractivity (Wildman–Crippen MR) is 96.3 cm³/mol. The fourth-order valence-corrected chi connectivity index (χ4v) is 4.39. The molecule has 2 aliphatic rings. The van der Waals surface area contributed by atoms with E-state index in [1.165, 1.54) is 0 Å². The topological polar surface area (TPSA) is 91.8 Å². The number of aromatic nitrogens is 1. The van der Waals surface area contributed by atoms with Crippen molar-refractivity contribution in [2.75, 3.05) is 25.5 Å². The molecule has 0 spiro atoms. The number of hydrogen-bond donors (Lipinski definition) is 2. The molecule has 2 aromatic rings. The third kappa shape index (κ3) is 2.55. The van der Waals surface area contributed by atoms with Crippen LogP contribution in [-0.4, -0.2) is 47.2 Å². The lowest BCUT2D eigenvalue weighted by Crippen LogP contribution is -2.38. The Morgan fingerprint density at radius 3 is 2.96 bits per heavy atom. The zero-order chi connectivity index (χ0) is 18.3. The standard InChI is InChI=1S/C19H21N3O4/c1-26-16-15-5-4-14(9-12(15)6-8-20-16)21-18(25)22-10-13-3-2-7-19(13,11-22)17(23)24/h4-6,8-9,13H,2-3,7,10-11H2,1H3,(H,21,25)(H,23,24)/t13-,19+/m0/s1. The summed E-state index contributed by atoms with van der Waals surface area (Å²) in [5.74, 6) is -0.186. The molecule has 0 radical (unpaired) electrons. The Morgan fingerprint density at radius 2 is 2.23 bits per heavy atom. The maximum atomic E-state index is 12.7. The van der Waals surface area contributed by atoms with Crippen molar-refractivity contribution in [1.82, 2.24) is 9.88 Å². The number of nitrogens with one attached hydrogen (secondary N) is 1. The van der Waals surface area contributed by atoms with E-state index in [2.05, 4.69) is 10.3 Å². The summed E-state index contributed by atoms with van der Waals surface area (Å²) in [7, 11) is 1.57. The van der Waals surface area contributed by atoms with Crippen LogP contribution in [0.4, 0.5) is 10.5 Å². The Hall–Kier alpha value is -2.83. The van der Waals surface area contributed by atoms with Gasteiger partial charge in [0.25, 0.3) is 0 Å². The minimum Gasteiger partial charge on any atom is -0.481 e. The highest BCUT2D eigenvalue weighted by atomic mass is 16.5. The molecule has 4 rings (SSSR count). The van der Waals surface area contributed by atoms with Crippen LogP contribution in [0.5, 0.6) is 5.88 Å². The second kappa shape index (κ2) is 6.16. The number of hydrogen-bond acceptors (Lipinski definition) is 4. The Labute approximate surface area is 151 Å². The molecule has 1 aliphatic heterocycles. The van der Waals surface area contributed by atoms with E-state index in [0.717, 1.165) is 23.6 Å². The molecule has 1 aromatic heterocycles. The summed E-state index contributed by atoms with van der Waals surface area (Å²) in [5.41, 5.74) is -0.100. The molecule has 26 heavy (non-hydrogen) atoms. The first-order valence-corrected chi connectivity index (χ1v) is 8.75. The van der Waals surface area contributed by atoms with E-state index in [-0.39, 0.29) is 18.5 Å². The lowest BCUT2D eigenvalue weighted by atomic mass is 9.81. The van der Waals surface area contributed by atoms with Crippen LogP contribution in [0.25, 0.3) is 10.8 Å². The van der Waals surface area contributed by atoms with Gasteiger partial charge in [-0.05, 0) is 48.4 Å². The number of aliphatic carboxylic acids is 1. The highest BCUT2D eigenvalue weighted by molar-refractivity contribution is 5.95. The van der Waals surface area contributed by atoms with Crippen molar-refractivity contribution in [2.45, 2.75) is 19.3 Å². The van der Waals surface area contributed by atoms with Crippen LogP contribution >= 0.6 is 0 Å². The van der Waals surface area contributed by atoms with Gasteiger partial charge in [0.1, 0.15) is 0 Å². The molecule has 1 aromatic carbocycles.